The first-order valence-corrected chi connectivity index (χ1v) is 6.03. The molecule has 0 aliphatic heterocycles. The number of halogens is 1. The van der Waals surface area contributed by atoms with Crippen molar-refractivity contribution < 1.29 is 0 Å². The van der Waals surface area contributed by atoms with E-state index in [1.165, 1.54) is 5.56 Å². The van der Waals surface area contributed by atoms with Crippen molar-refractivity contribution >= 4 is 15.9 Å². The summed E-state index contributed by atoms with van der Waals surface area (Å²) in [6.07, 6.45) is 1.86. The molecule has 0 amide bonds. The van der Waals surface area contributed by atoms with Gasteiger partial charge in [0, 0.05) is 11.5 Å². The lowest BCUT2D eigenvalue weighted by atomic mass is 9.88. The second-order valence-electron chi connectivity index (χ2n) is 4.56. The Hall–Kier alpha value is -0.880. The second-order valence-corrected chi connectivity index (χ2v) is 5.21. The van der Waals surface area contributed by atoms with Gasteiger partial charge in [-0.1, -0.05) is 42.8 Å². The van der Waals surface area contributed by atoms with Crippen molar-refractivity contribution in [3.63, 3.8) is 0 Å². The zero-order valence-electron chi connectivity index (χ0n) is 9.29. The first-order valence-electron chi connectivity index (χ1n) is 4.91. The summed E-state index contributed by atoms with van der Waals surface area (Å²) in [5.41, 5.74) is 2.14. The summed E-state index contributed by atoms with van der Waals surface area (Å²) in [5.74, 6) is -0.154. The number of nitriles is 1. The average Bonchev–Trinajstić information content (AvgIpc) is 2.19. The van der Waals surface area contributed by atoms with E-state index in [1.54, 1.807) is 0 Å². The molecular weight excluding hydrogens is 252 g/mol. The van der Waals surface area contributed by atoms with E-state index in [0.717, 1.165) is 5.69 Å². The van der Waals surface area contributed by atoms with E-state index in [1.807, 2.05) is 12.3 Å². The first kappa shape index (κ1) is 12.2. The minimum atomic E-state index is -0.154. The number of aromatic nitrogens is 1. The summed E-state index contributed by atoms with van der Waals surface area (Å²) in [4.78, 5) is 4.33. The lowest BCUT2D eigenvalue weighted by molar-refractivity contribution is 0.586. The van der Waals surface area contributed by atoms with Crippen LogP contribution in [0, 0.1) is 11.3 Å². The first-order chi connectivity index (χ1) is 6.99. The molecule has 0 spiro atoms. The minimum Gasteiger partial charge on any atom is -0.260 e. The monoisotopic (exact) mass is 266 g/mol. The Morgan fingerprint density at radius 1 is 1.47 bits per heavy atom. The van der Waals surface area contributed by atoms with Crippen LogP contribution in [0.2, 0.25) is 0 Å². The molecule has 2 nitrogen and oxygen atoms in total. The zero-order valence-corrected chi connectivity index (χ0v) is 10.9. The standard InChI is InChI=1S/C12H15BrN2/c1-12(2,3)10-4-5-11(15-8-10)9(6-13)7-14/h4-5,8-9H,6H2,1-3H3. The molecule has 1 unspecified atom stereocenters. The van der Waals surface area contributed by atoms with Crippen molar-refractivity contribution in [1.29, 1.82) is 5.26 Å². The van der Waals surface area contributed by atoms with Crippen molar-refractivity contribution in [1.82, 2.24) is 4.98 Å². The van der Waals surface area contributed by atoms with Crippen molar-refractivity contribution in [2.45, 2.75) is 32.1 Å². The fraction of sp³-hybridized carbons (Fsp3) is 0.500. The van der Waals surface area contributed by atoms with Crippen LogP contribution in [-0.2, 0) is 5.41 Å². The van der Waals surface area contributed by atoms with E-state index >= 15 is 0 Å². The quantitative estimate of drug-likeness (QED) is 0.770. The lowest BCUT2D eigenvalue weighted by Crippen LogP contribution is -2.12. The third kappa shape index (κ3) is 3.04. The molecule has 0 fully saturated rings. The van der Waals surface area contributed by atoms with Gasteiger partial charge in [-0.3, -0.25) is 4.98 Å². The SMILES string of the molecule is CC(C)(C)c1ccc(C(C#N)CBr)nc1. The van der Waals surface area contributed by atoms with Gasteiger partial charge >= 0.3 is 0 Å². The van der Waals surface area contributed by atoms with Crippen LogP contribution in [0.25, 0.3) is 0 Å². The van der Waals surface area contributed by atoms with Crippen molar-refractivity contribution in [3.8, 4) is 6.07 Å². The topological polar surface area (TPSA) is 36.7 Å². The van der Waals surface area contributed by atoms with E-state index in [0.29, 0.717) is 5.33 Å². The summed E-state index contributed by atoms with van der Waals surface area (Å²) >= 11 is 3.31. The van der Waals surface area contributed by atoms with Gasteiger partial charge in [-0.15, -0.1) is 0 Å². The molecule has 1 aromatic heterocycles. The Morgan fingerprint density at radius 3 is 2.47 bits per heavy atom. The molecule has 1 aromatic rings. The number of hydrogen-bond acceptors (Lipinski definition) is 2. The van der Waals surface area contributed by atoms with Gasteiger partial charge in [0.05, 0.1) is 17.7 Å². The van der Waals surface area contributed by atoms with E-state index in [2.05, 4.69) is 53.8 Å². The van der Waals surface area contributed by atoms with Crippen LogP contribution in [-0.4, -0.2) is 10.3 Å². The van der Waals surface area contributed by atoms with E-state index in [4.69, 9.17) is 5.26 Å². The van der Waals surface area contributed by atoms with Gasteiger partial charge in [-0.05, 0) is 17.0 Å². The molecule has 80 valence electrons. The summed E-state index contributed by atoms with van der Waals surface area (Å²) in [7, 11) is 0. The molecule has 1 rings (SSSR count). The van der Waals surface area contributed by atoms with Crippen LogP contribution < -0.4 is 0 Å². The molecule has 0 radical (unpaired) electrons. The van der Waals surface area contributed by atoms with Gasteiger partial charge < -0.3 is 0 Å². The fourth-order valence-electron chi connectivity index (χ4n) is 1.23. The molecule has 15 heavy (non-hydrogen) atoms. The molecular formula is C12H15BrN2. The highest BCUT2D eigenvalue weighted by Gasteiger charge is 2.15. The number of pyridine rings is 1. The molecule has 1 atom stereocenters. The van der Waals surface area contributed by atoms with Gasteiger partial charge in [-0.25, -0.2) is 0 Å². The van der Waals surface area contributed by atoms with Crippen LogP contribution >= 0.6 is 15.9 Å². The molecule has 0 aliphatic rings. The van der Waals surface area contributed by atoms with E-state index in [-0.39, 0.29) is 11.3 Å². The normalized spacial score (nSPS) is 13.3. The maximum atomic E-state index is 8.89. The molecule has 3 heteroatoms. The highest BCUT2D eigenvalue weighted by atomic mass is 79.9. The van der Waals surface area contributed by atoms with Gasteiger partial charge in [-0.2, -0.15) is 5.26 Å². The van der Waals surface area contributed by atoms with Crippen LogP contribution in [0.3, 0.4) is 0 Å². The summed E-state index contributed by atoms with van der Waals surface area (Å²) < 4.78 is 0. The molecule has 0 aliphatic carbocycles. The highest BCUT2D eigenvalue weighted by Crippen LogP contribution is 2.23. The number of hydrogen-bond donors (Lipinski definition) is 0. The van der Waals surface area contributed by atoms with Crippen molar-refractivity contribution in [2.24, 2.45) is 0 Å². The molecule has 1 heterocycles. The third-order valence-electron chi connectivity index (χ3n) is 2.32. The van der Waals surface area contributed by atoms with E-state index in [9.17, 15) is 0 Å². The minimum absolute atomic E-state index is 0.113. The Labute approximate surface area is 99.5 Å². The molecule has 0 saturated carbocycles. The molecule has 0 bridgehead atoms. The van der Waals surface area contributed by atoms with Gasteiger partial charge in [0.1, 0.15) is 0 Å². The second kappa shape index (κ2) is 4.76. The number of rotatable bonds is 2. The van der Waals surface area contributed by atoms with Gasteiger partial charge in [0.15, 0.2) is 0 Å². The van der Waals surface area contributed by atoms with Crippen molar-refractivity contribution in [3.05, 3.63) is 29.6 Å². The highest BCUT2D eigenvalue weighted by molar-refractivity contribution is 9.09. The largest absolute Gasteiger partial charge is 0.260 e. The Bertz CT molecular complexity index is 357. The van der Waals surface area contributed by atoms with Gasteiger partial charge in [0.2, 0.25) is 0 Å². The van der Waals surface area contributed by atoms with Crippen molar-refractivity contribution in [2.75, 3.05) is 5.33 Å². The Morgan fingerprint density at radius 2 is 2.13 bits per heavy atom. The van der Waals surface area contributed by atoms with Gasteiger partial charge in [0.25, 0.3) is 0 Å². The average molecular weight is 267 g/mol. The summed E-state index contributed by atoms with van der Waals surface area (Å²) in [5, 5.41) is 9.52. The van der Waals surface area contributed by atoms with Crippen LogP contribution in [0.15, 0.2) is 18.3 Å². The zero-order chi connectivity index (χ0) is 11.5. The maximum absolute atomic E-state index is 8.89. The maximum Gasteiger partial charge on any atom is 0.0981 e. The Balaban J connectivity index is 2.96. The fourth-order valence-corrected chi connectivity index (χ4v) is 1.71. The van der Waals surface area contributed by atoms with Crippen LogP contribution in [0.4, 0.5) is 0 Å². The predicted octanol–water partition coefficient (Wildman–Crippen LogP) is 3.38. The summed E-state index contributed by atoms with van der Waals surface area (Å²) in [6, 6.07) is 6.21. The third-order valence-corrected chi connectivity index (χ3v) is 2.97. The predicted molar refractivity (Wildman–Crippen MR) is 65.1 cm³/mol. The number of alkyl halides is 1. The summed E-state index contributed by atoms with van der Waals surface area (Å²) in [6.45, 7) is 6.45. The molecule has 0 saturated heterocycles. The van der Waals surface area contributed by atoms with Crippen LogP contribution in [0.1, 0.15) is 37.9 Å². The molecule has 0 aromatic carbocycles. The smallest absolute Gasteiger partial charge is 0.0981 e. The van der Waals surface area contributed by atoms with E-state index < -0.39 is 0 Å². The molecule has 0 N–H and O–H groups in total. The van der Waals surface area contributed by atoms with Crippen LogP contribution in [0.5, 0.6) is 0 Å². The number of nitrogens with zero attached hydrogens (tertiary/aromatic N) is 2. The lowest BCUT2D eigenvalue weighted by Gasteiger charge is -2.18. The Kier molecular flexibility index (Phi) is 3.87.